The molecular formula is C24H24BrN5O3. The number of Topliss-reactive ketones (excluding diaryl/α,β-unsaturated/α-hetero) is 1. The van der Waals surface area contributed by atoms with Gasteiger partial charge in [-0.2, -0.15) is 0 Å². The summed E-state index contributed by atoms with van der Waals surface area (Å²) in [6, 6.07) is 15.7. The van der Waals surface area contributed by atoms with Crippen molar-refractivity contribution in [3.8, 4) is 5.69 Å². The van der Waals surface area contributed by atoms with Crippen LogP contribution in [0, 0.1) is 0 Å². The van der Waals surface area contributed by atoms with Crippen molar-refractivity contribution in [2.75, 3.05) is 11.9 Å². The molecule has 1 saturated heterocycles. The molecule has 5 rings (SSSR count). The Bertz CT molecular complexity index is 1180. The fourth-order valence-electron chi connectivity index (χ4n) is 4.85. The molecule has 0 radical (unpaired) electrons. The monoisotopic (exact) mass is 509 g/mol. The molecule has 0 aliphatic carbocycles. The normalized spacial score (nSPS) is 21.4. The molecule has 0 saturated carbocycles. The Morgan fingerprint density at radius 3 is 2.79 bits per heavy atom. The fraction of sp³-hybridized carbons (Fsp3) is 0.333. The van der Waals surface area contributed by atoms with E-state index in [1.165, 1.54) is 0 Å². The first kappa shape index (κ1) is 21.8. The summed E-state index contributed by atoms with van der Waals surface area (Å²) in [5.41, 5.74) is 3.93. The summed E-state index contributed by atoms with van der Waals surface area (Å²) >= 11 is 3.79. The first-order valence-electron chi connectivity index (χ1n) is 11.0. The van der Waals surface area contributed by atoms with Gasteiger partial charge in [0.25, 0.3) is 0 Å². The SMILES string of the molecule is O=C(O)Cc1ccc(C(C2Nc3nncn3-c3ccccc32)N2CCCC(=O)CC2Br)cc1. The molecule has 33 heavy (non-hydrogen) atoms. The Kier molecular flexibility index (Phi) is 5.99. The van der Waals surface area contributed by atoms with Crippen LogP contribution >= 0.6 is 15.9 Å². The van der Waals surface area contributed by atoms with Crippen LogP contribution in [0.4, 0.5) is 5.95 Å². The number of carboxylic acids is 1. The maximum Gasteiger partial charge on any atom is 0.307 e. The molecule has 3 atom stereocenters. The van der Waals surface area contributed by atoms with Crippen LogP contribution in [0.5, 0.6) is 0 Å². The van der Waals surface area contributed by atoms with Crippen molar-refractivity contribution < 1.29 is 14.7 Å². The molecule has 8 nitrogen and oxygen atoms in total. The standard InChI is InChI=1S/C24H24BrN5O3/c25-20-13-17(31)4-3-11-29(20)23(16-9-7-15(8-10-16)12-21(32)33)22-18-5-1-2-6-19(18)30-14-26-28-24(30)27-22/h1-2,5-10,14,20,22-23H,3-4,11-13H2,(H,27,28)(H,32,33). The van der Waals surface area contributed by atoms with E-state index in [4.69, 9.17) is 5.11 Å². The van der Waals surface area contributed by atoms with Crippen LogP contribution in [0.1, 0.15) is 48.0 Å². The second kappa shape index (κ2) is 9.07. The van der Waals surface area contributed by atoms with E-state index in [9.17, 15) is 9.59 Å². The lowest BCUT2D eigenvalue weighted by Gasteiger charge is -2.42. The zero-order valence-electron chi connectivity index (χ0n) is 17.9. The number of likely N-dealkylation sites (tertiary alicyclic amines) is 1. The van der Waals surface area contributed by atoms with Crippen molar-refractivity contribution in [2.45, 2.75) is 42.7 Å². The summed E-state index contributed by atoms with van der Waals surface area (Å²) in [5.74, 6) is 0.0722. The van der Waals surface area contributed by atoms with E-state index in [1.54, 1.807) is 6.33 Å². The van der Waals surface area contributed by atoms with Gasteiger partial charge in [-0.15, -0.1) is 10.2 Å². The van der Waals surface area contributed by atoms with Crippen LogP contribution in [0.25, 0.3) is 5.69 Å². The van der Waals surface area contributed by atoms with E-state index >= 15 is 0 Å². The molecular weight excluding hydrogens is 486 g/mol. The molecule has 170 valence electrons. The number of ketones is 1. The van der Waals surface area contributed by atoms with Gasteiger partial charge in [-0.3, -0.25) is 19.1 Å². The highest BCUT2D eigenvalue weighted by atomic mass is 79.9. The molecule has 3 heterocycles. The zero-order valence-corrected chi connectivity index (χ0v) is 19.5. The zero-order chi connectivity index (χ0) is 22.9. The number of nitrogens with one attached hydrogen (secondary N) is 1. The maximum atomic E-state index is 12.3. The molecule has 0 amide bonds. The number of aromatic nitrogens is 3. The first-order valence-corrected chi connectivity index (χ1v) is 11.9. The average Bonchev–Trinajstić information content (AvgIpc) is 3.21. The smallest absolute Gasteiger partial charge is 0.307 e. The molecule has 2 aliphatic rings. The van der Waals surface area contributed by atoms with E-state index in [0.29, 0.717) is 18.8 Å². The summed E-state index contributed by atoms with van der Waals surface area (Å²) in [5, 5.41) is 21.1. The van der Waals surface area contributed by atoms with Gasteiger partial charge in [0.2, 0.25) is 5.95 Å². The molecule has 1 fully saturated rings. The summed E-state index contributed by atoms with van der Waals surface area (Å²) in [6.45, 7) is 0.760. The summed E-state index contributed by atoms with van der Waals surface area (Å²) in [6.07, 6.45) is 3.49. The number of anilines is 1. The second-order valence-electron chi connectivity index (χ2n) is 8.48. The molecule has 9 heteroatoms. The van der Waals surface area contributed by atoms with E-state index in [-0.39, 0.29) is 29.2 Å². The number of carbonyl (C=O) groups is 2. The van der Waals surface area contributed by atoms with Crippen molar-refractivity contribution in [2.24, 2.45) is 0 Å². The van der Waals surface area contributed by atoms with E-state index in [1.807, 2.05) is 41.0 Å². The molecule has 3 unspecified atom stereocenters. The quantitative estimate of drug-likeness (QED) is 0.397. The Labute approximate surface area is 199 Å². The number of aliphatic carboxylic acids is 1. The van der Waals surface area contributed by atoms with E-state index in [0.717, 1.165) is 35.3 Å². The van der Waals surface area contributed by atoms with Gasteiger partial charge in [-0.1, -0.05) is 58.4 Å². The average molecular weight is 510 g/mol. The van der Waals surface area contributed by atoms with Crippen LogP contribution in [0.15, 0.2) is 54.9 Å². The lowest BCUT2D eigenvalue weighted by molar-refractivity contribution is -0.136. The lowest BCUT2D eigenvalue weighted by atomic mass is 9.89. The molecule has 2 N–H and O–H groups in total. The Hall–Kier alpha value is -3.04. The highest BCUT2D eigenvalue weighted by Crippen LogP contribution is 2.44. The number of carbonyl (C=O) groups excluding carboxylic acids is 1. The van der Waals surface area contributed by atoms with Crippen molar-refractivity contribution in [1.29, 1.82) is 0 Å². The van der Waals surface area contributed by atoms with Crippen LogP contribution in [0.3, 0.4) is 0 Å². The van der Waals surface area contributed by atoms with Crippen LogP contribution in [-0.4, -0.2) is 48.0 Å². The molecule has 2 aromatic carbocycles. The van der Waals surface area contributed by atoms with Gasteiger partial charge < -0.3 is 10.4 Å². The van der Waals surface area contributed by atoms with E-state index < -0.39 is 5.97 Å². The van der Waals surface area contributed by atoms with Gasteiger partial charge in [0.05, 0.1) is 29.1 Å². The van der Waals surface area contributed by atoms with E-state index in [2.05, 4.69) is 48.5 Å². The molecule has 0 bridgehead atoms. The Morgan fingerprint density at radius 1 is 1.21 bits per heavy atom. The number of para-hydroxylation sites is 1. The van der Waals surface area contributed by atoms with Crippen LogP contribution in [-0.2, 0) is 16.0 Å². The van der Waals surface area contributed by atoms with Crippen LogP contribution < -0.4 is 5.32 Å². The van der Waals surface area contributed by atoms with Gasteiger partial charge in [0.1, 0.15) is 12.1 Å². The Morgan fingerprint density at radius 2 is 2.00 bits per heavy atom. The number of hydrogen-bond acceptors (Lipinski definition) is 6. The minimum Gasteiger partial charge on any atom is -0.481 e. The third kappa shape index (κ3) is 4.30. The number of alkyl halides is 1. The third-order valence-electron chi connectivity index (χ3n) is 6.34. The number of rotatable bonds is 5. The number of halogens is 1. The molecule has 1 aromatic heterocycles. The fourth-order valence-corrected chi connectivity index (χ4v) is 5.67. The topological polar surface area (TPSA) is 100 Å². The van der Waals surface area contributed by atoms with Gasteiger partial charge in [0, 0.05) is 24.9 Å². The molecule has 3 aromatic rings. The number of carboxylic acid groups (broad SMARTS) is 1. The number of benzene rings is 2. The number of fused-ring (bicyclic) bond motifs is 3. The lowest BCUT2D eigenvalue weighted by Crippen LogP contribution is -2.41. The molecule has 2 aliphatic heterocycles. The molecule has 0 spiro atoms. The maximum absolute atomic E-state index is 12.3. The summed E-state index contributed by atoms with van der Waals surface area (Å²) < 4.78 is 1.94. The largest absolute Gasteiger partial charge is 0.481 e. The van der Waals surface area contributed by atoms with Crippen molar-refractivity contribution >= 4 is 33.6 Å². The number of hydrogen-bond donors (Lipinski definition) is 2. The first-order chi connectivity index (χ1) is 16.0. The summed E-state index contributed by atoms with van der Waals surface area (Å²) in [7, 11) is 0. The van der Waals surface area contributed by atoms with Gasteiger partial charge >= 0.3 is 5.97 Å². The van der Waals surface area contributed by atoms with Gasteiger partial charge in [-0.25, -0.2) is 0 Å². The highest BCUT2D eigenvalue weighted by Gasteiger charge is 2.39. The van der Waals surface area contributed by atoms with Crippen molar-refractivity contribution in [1.82, 2.24) is 19.7 Å². The predicted octanol–water partition coefficient (Wildman–Crippen LogP) is 3.88. The third-order valence-corrected chi connectivity index (χ3v) is 7.19. The van der Waals surface area contributed by atoms with Crippen molar-refractivity contribution in [3.05, 3.63) is 71.5 Å². The Balaban J connectivity index is 1.60. The van der Waals surface area contributed by atoms with Crippen LogP contribution in [0.2, 0.25) is 0 Å². The number of nitrogens with zero attached hydrogens (tertiary/aromatic N) is 4. The predicted molar refractivity (Wildman–Crippen MR) is 127 cm³/mol. The van der Waals surface area contributed by atoms with Gasteiger partial charge in [-0.05, 0) is 23.6 Å². The van der Waals surface area contributed by atoms with Crippen molar-refractivity contribution in [3.63, 3.8) is 0 Å². The summed E-state index contributed by atoms with van der Waals surface area (Å²) in [4.78, 5) is 25.7. The van der Waals surface area contributed by atoms with Gasteiger partial charge in [0.15, 0.2) is 0 Å². The highest BCUT2D eigenvalue weighted by molar-refractivity contribution is 9.09. The minimum atomic E-state index is -0.854. The second-order valence-corrected chi connectivity index (χ2v) is 9.54. The minimum absolute atomic E-state index is 0.0160.